The molecule has 1 saturated carbocycles. The Labute approximate surface area is 233 Å². The number of aromatic nitrogens is 1. The molecule has 3 aromatic rings. The normalized spacial score (nSPS) is 24.4. The highest BCUT2D eigenvalue weighted by Crippen LogP contribution is 2.52. The Bertz CT molecular complexity index is 1320. The van der Waals surface area contributed by atoms with Gasteiger partial charge in [-0.05, 0) is 75.7 Å². The molecular weight excluding hydrogens is 568 g/mol. The summed E-state index contributed by atoms with van der Waals surface area (Å²) in [5, 5.41) is 12.0. The lowest BCUT2D eigenvalue weighted by Gasteiger charge is -2.43. The summed E-state index contributed by atoms with van der Waals surface area (Å²) >= 11 is 4.90. The summed E-state index contributed by atoms with van der Waals surface area (Å²) in [5.41, 5.74) is 4.14. The molecule has 198 valence electrons. The standard InChI is InChI=1S/C29H29BrN2O5S/c30-24-17-38-26(31-24)29(37-16-25(33)34)11-9-28(10-12-29)13-14-32(18-28)27(35)36-15-23-21-7-3-1-5-19(21)20-6-2-4-8-22(20)23/h1-8,17,23H,9-16,18H2,(H,33,34). The second-order valence-electron chi connectivity index (χ2n) is 10.6. The van der Waals surface area contributed by atoms with Crippen molar-refractivity contribution in [1.29, 1.82) is 0 Å². The molecule has 0 unspecified atom stereocenters. The van der Waals surface area contributed by atoms with Crippen LogP contribution < -0.4 is 0 Å². The van der Waals surface area contributed by atoms with Gasteiger partial charge >= 0.3 is 12.1 Å². The van der Waals surface area contributed by atoms with Gasteiger partial charge in [0.2, 0.25) is 0 Å². The first-order valence-electron chi connectivity index (χ1n) is 13.0. The van der Waals surface area contributed by atoms with E-state index in [0.29, 0.717) is 32.5 Å². The molecule has 1 aromatic heterocycles. The molecule has 0 radical (unpaired) electrons. The van der Waals surface area contributed by atoms with Crippen LogP contribution in [0.1, 0.15) is 54.2 Å². The maximum absolute atomic E-state index is 13.2. The van der Waals surface area contributed by atoms with Crippen LogP contribution in [0.25, 0.3) is 11.1 Å². The summed E-state index contributed by atoms with van der Waals surface area (Å²) in [6.07, 6.45) is 3.70. The molecule has 9 heteroatoms. The number of carboxylic acids is 1. The molecule has 1 N–H and O–H groups in total. The first-order chi connectivity index (χ1) is 18.4. The Morgan fingerprint density at radius 1 is 1.03 bits per heavy atom. The van der Waals surface area contributed by atoms with Crippen LogP contribution in [0.5, 0.6) is 0 Å². The molecule has 1 amide bonds. The predicted molar refractivity (Wildman–Crippen MR) is 147 cm³/mol. The number of aliphatic carboxylic acids is 1. The number of ether oxygens (including phenoxy) is 2. The van der Waals surface area contributed by atoms with Gasteiger partial charge in [0.25, 0.3) is 0 Å². The zero-order chi connectivity index (χ0) is 26.3. The minimum Gasteiger partial charge on any atom is -0.480 e. The van der Waals surface area contributed by atoms with E-state index in [1.54, 1.807) is 0 Å². The molecule has 1 spiro atoms. The SMILES string of the molecule is O=C(O)COC1(c2nc(Br)cs2)CCC2(CCN(C(=O)OCC3c4ccccc4-c4ccccc43)C2)CC1. The molecular formula is C29H29BrN2O5S. The Hall–Kier alpha value is -2.75. The number of likely N-dealkylation sites (tertiary alicyclic amines) is 1. The van der Waals surface area contributed by atoms with E-state index in [0.717, 1.165) is 28.9 Å². The molecule has 6 rings (SSSR count). The van der Waals surface area contributed by atoms with E-state index in [1.807, 2.05) is 34.5 Å². The largest absolute Gasteiger partial charge is 0.480 e. The van der Waals surface area contributed by atoms with Gasteiger partial charge in [-0.3, -0.25) is 0 Å². The second kappa shape index (κ2) is 10.1. The number of benzene rings is 2. The fourth-order valence-corrected chi connectivity index (χ4v) is 7.92. The van der Waals surface area contributed by atoms with Crippen LogP contribution in [0.4, 0.5) is 4.79 Å². The summed E-state index contributed by atoms with van der Waals surface area (Å²) in [6, 6.07) is 16.7. The number of carboxylic acid groups (broad SMARTS) is 1. The third kappa shape index (κ3) is 4.65. The predicted octanol–water partition coefficient (Wildman–Crippen LogP) is 6.42. The lowest BCUT2D eigenvalue weighted by atomic mass is 9.68. The van der Waals surface area contributed by atoms with Crippen LogP contribution in [0.2, 0.25) is 0 Å². The van der Waals surface area contributed by atoms with Crippen molar-refractivity contribution in [2.45, 2.75) is 43.6 Å². The van der Waals surface area contributed by atoms with Crippen molar-refractivity contribution in [3.05, 3.63) is 74.6 Å². The van der Waals surface area contributed by atoms with Crippen LogP contribution in [-0.2, 0) is 19.9 Å². The lowest BCUT2D eigenvalue weighted by molar-refractivity contribution is -0.156. The monoisotopic (exact) mass is 596 g/mol. The third-order valence-electron chi connectivity index (χ3n) is 8.49. The van der Waals surface area contributed by atoms with Gasteiger partial charge in [0.05, 0.1) is 0 Å². The molecule has 2 fully saturated rings. The number of halogens is 1. The minimum absolute atomic E-state index is 0.00382. The minimum atomic E-state index is -0.984. The topological polar surface area (TPSA) is 89.0 Å². The molecule has 1 saturated heterocycles. The number of nitrogens with zero attached hydrogens (tertiary/aromatic N) is 2. The molecule has 1 aliphatic heterocycles. The van der Waals surface area contributed by atoms with E-state index >= 15 is 0 Å². The molecule has 7 nitrogen and oxygen atoms in total. The van der Waals surface area contributed by atoms with Crippen LogP contribution >= 0.6 is 27.3 Å². The van der Waals surface area contributed by atoms with Crippen molar-refractivity contribution in [2.75, 3.05) is 26.3 Å². The zero-order valence-corrected chi connectivity index (χ0v) is 23.3. The fraction of sp³-hybridized carbons (Fsp3) is 0.414. The summed E-state index contributed by atoms with van der Waals surface area (Å²) in [4.78, 5) is 30.9. The van der Waals surface area contributed by atoms with Crippen molar-refractivity contribution < 1.29 is 24.2 Å². The smallest absolute Gasteiger partial charge is 0.409 e. The van der Waals surface area contributed by atoms with Crippen molar-refractivity contribution >= 4 is 39.3 Å². The van der Waals surface area contributed by atoms with Gasteiger partial charge in [0.15, 0.2) is 0 Å². The summed E-state index contributed by atoms with van der Waals surface area (Å²) in [7, 11) is 0. The molecule has 3 aliphatic rings. The number of fused-ring (bicyclic) bond motifs is 3. The first-order valence-corrected chi connectivity index (χ1v) is 14.6. The molecule has 2 aliphatic carbocycles. The third-order valence-corrected chi connectivity index (χ3v) is 10.2. The van der Waals surface area contributed by atoms with Crippen molar-refractivity contribution in [1.82, 2.24) is 9.88 Å². The van der Waals surface area contributed by atoms with Gasteiger partial charge < -0.3 is 19.5 Å². The Balaban J connectivity index is 1.10. The number of hydrogen-bond donors (Lipinski definition) is 1. The van der Waals surface area contributed by atoms with E-state index in [2.05, 4.69) is 45.2 Å². The molecule has 2 heterocycles. The van der Waals surface area contributed by atoms with Crippen LogP contribution in [0, 0.1) is 5.41 Å². The maximum Gasteiger partial charge on any atom is 0.409 e. The zero-order valence-electron chi connectivity index (χ0n) is 20.9. The number of amides is 1. The van der Waals surface area contributed by atoms with Crippen molar-refractivity contribution in [3.63, 3.8) is 0 Å². The van der Waals surface area contributed by atoms with E-state index in [-0.39, 0.29) is 24.0 Å². The van der Waals surface area contributed by atoms with Gasteiger partial charge in [-0.25, -0.2) is 14.6 Å². The van der Waals surface area contributed by atoms with Gasteiger partial charge in [-0.1, -0.05) is 48.5 Å². The van der Waals surface area contributed by atoms with Crippen LogP contribution in [0.15, 0.2) is 58.5 Å². The molecule has 0 bridgehead atoms. The summed E-state index contributed by atoms with van der Waals surface area (Å²) in [5.74, 6) is -0.940. The van der Waals surface area contributed by atoms with Gasteiger partial charge in [0.1, 0.15) is 28.4 Å². The first kappa shape index (κ1) is 25.5. The van der Waals surface area contributed by atoms with E-state index < -0.39 is 11.6 Å². The number of carbonyl (C=O) groups is 2. The van der Waals surface area contributed by atoms with Crippen molar-refractivity contribution in [3.8, 4) is 11.1 Å². The second-order valence-corrected chi connectivity index (χ2v) is 12.3. The quantitative estimate of drug-likeness (QED) is 0.353. The molecule has 0 atom stereocenters. The highest BCUT2D eigenvalue weighted by atomic mass is 79.9. The van der Waals surface area contributed by atoms with Crippen LogP contribution in [0.3, 0.4) is 0 Å². The van der Waals surface area contributed by atoms with E-state index in [9.17, 15) is 14.7 Å². The van der Waals surface area contributed by atoms with Crippen LogP contribution in [-0.4, -0.2) is 53.4 Å². The Morgan fingerprint density at radius 2 is 1.68 bits per heavy atom. The lowest BCUT2D eigenvalue weighted by Crippen LogP contribution is -2.42. The summed E-state index contributed by atoms with van der Waals surface area (Å²) in [6.45, 7) is 1.29. The number of rotatable bonds is 6. The highest BCUT2D eigenvalue weighted by Gasteiger charge is 2.50. The average molecular weight is 598 g/mol. The van der Waals surface area contributed by atoms with Gasteiger partial charge in [-0.15, -0.1) is 11.3 Å². The maximum atomic E-state index is 13.2. The van der Waals surface area contributed by atoms with Gasteiger partial charge in [-0.2, -0.15) is 0 Å². The fourth-order valence-electron chi connectivity index (χ4n) is 6.45. The number of carbonyl (C=O) groups excluding carboxylic acids is 1. The number of hydrogen-bond acceptors (Lipinski definition) is 6. The highest BCUT2D eigenvalue weighted by molar-refractivity contribution is 9.10. The Morgan fingerprint density at radius 3 is 2.29 bits per heavy atom. The molecule has 2 aromatic carbocycles. The van der Waals surface area contributed by atoms with E-state index in [4.69, 9.17) is 9.47 Å². The molecule has 38 heavy (non-hydrogen) atoms. The summed E-state index contributed by atoms with van der Waals surface area (Å²) < 4.78 is 12.6. The van der Waals surface area contributed by atoms with Gasteiger partial charge in [0, 0.05) is 24.4 Å². The number of thiazole rings is 1. The van der Waals surface area contributed by atoms with E-state index in [1.165, 1.54) is 33.6 Å². The Kier molecular flexibility index (Phi) is 6.78. The van der Waals surface area contributed by atoms with Crippen molar-refractivity contribution in [2.24, 2.45) is 5.41 Å². The average Bonchev–Trinajstić information content (AvgIpc) is 3.64.